The highest BCUT2D eigenvalue weighted by molar-refractivity contribution is 6.09. The Balaban J connectivity index is 1.39. The van der Waals surface area contributed by atoms with Crippen LogP contribution in [0.1, 0.15) is 22.0 Å². The summed E-state index contributed by atoms with van der Waals surface area (Å²) in [6, 6.07) is 25.1. The second kappa shape index (κ2) is 8.05. The number of nitrogens with one attached hydrogen (secondary N) is 1. The van der Waals surface area contributed by atoms with Crippen LogP contribution in [0.5, 0.6) is 11.5 Å². The van der Waals surface area contributed by atoms with Gasteiger partial charge in [0.25, 0.3) is 0 Å². The van der Waals surface area contributed by atoms with Crippen molar-refractivity contribution in [1.82, 2.24) is 4.98 Å². The second-order valence-corrected chi connectivity index (χ2v) is 7.47. The summed E-state index contributed by atoms with van der Waals surface area (Å²) in [7, 11) is 0. The van der Waals surface area contributed by atoms with Gasteiger partial charge in [-0.25, -0.2) is 0 Å². The van der Waals surface area contributed by atoms with Crippen molar-refractivity contribution in [3.63, 3.8) is 0 Å². The number of hydrogen-bond donors (Lipinski definition) is 2. The first-order valence-corrected chi connectivity index (χ1v) is 10.2. The Bertz CT molecular complexity index is 1170. The van der Waals surface area contributed by atoms with E-state index in [1.165, 1.54) is 0 Å². The molecule has 5 heteroatoms. The molecule has 0 amide bonds. The summed E-state index contributed by atoms with van der Waals surface area (Å²) in [4.78, 5) is 16.8. The maximum atomic E-state index is 13.6. The number of para-hydroxylation sites is 3. The third-order valence-corrected chi connectivity index (χ3v) is 5.50. The van der Waals surface area contributed by atoms with E-state index in [9.17, 15) is 4.79 Å². The van der Waals surface area contributed by atoms with Gasteiger partial charge in [0.15, 0.2) is 23.6 Å². The molecular formula is C25H23N2O3+. The van der Waals surface area contributed by atoms with Crippen molar-refractivity contribution in [2.24, 2.45) is 0 Å². The van der Waals surface area contributed by atoms with Gasteiger partial charge < -0.3 is 19.8 Å². The van der Waals surface area contributed by atoms with E-state index in [1.807, 2.05) is 85.1 Å². The largest absolute Gasteiger partial charge is 0.486 e. The molecule has 3 aromatic carbocycles. The Morgan fingerprint density at radius 3 is 2.57 bits per heavy atom. The predicted molar refractivity (Wildman–Crippen MR) is 115 cm³/mol. The van der Waals surface area contributed by atoms with Gasteiger partial charge in [0.2, 0.25) is 5.78 Å². The van der Waals surface area contributed by atoms with Crippen molar-refractivity contribution in [3.05, 3.63) is 96.2 Å². The number of quaternary nitrogens is 1. The van der Waals surface area contributed by atoms with Crippen LogP contribution >= 0.6 is 0 Å². The number of aromatic amines is 1. The van der Waals surface area contributed by atoms with E-state index in [-0.39, 0.29) is 17.9 Å². The molecule has 0 aliphatic carbocycles. The number of Topliss-reactive ketones (excluding diaryl/α,β-unsaturated/α-hetero) is 1. The number of nitrogens with two attached hydrogens (primary N) is 1. The van der Waals surface area contributed by atoms with Crippen molar-refractivity contribution >= 4 is 16.7 Å². The third kappa shape index (κ3) is 3.55. The van der Waals surface area contributed by atoms with E-state index in [2.05, 4.69) is 10.3 Å². The summed E-state index contributed by atoms with van der Waals surface area (Å²) in [5, 5.41) is 3.00. The topological polar surface area (TPSA) is 67.9 Å². The molecule has 0 saturated heterocycles. The fourth-order valence-corrected chi connectivity index (χ4v) is 3.96. The number of H-pyrrole nitrogens is 1. The molecule has 0 radical (unpaired) electrons. The van der Waals surface area contributed by atoms with Crippen LogP contribution < -0.4 is 14.8 Å². The Morgan fingerprint density at radius 1 is 0.967 bits per heavy atom. The molecule has 0 unspecified atom stereocenters. The summed E-state index contributed by atoms with van der Waals surface area (Å²) < 4.78 is 11.9. The molecule has 0 fully saturated rings. The van der Waals surface area contributed by atoms with E-state index < -0.39 is 0 Å². The number of fused-ring (bicyclic) bond motifs is 2. The van der Waals surface area contributed by atoms with Gasteiger partial charge in [-0.1, -0.05) is 60.7 Å². The van der Waals surface area contributed by atoms with Crippen molar-refractivity contribution in [3.8, 4) is 11.5 Å². The monoisotopic (exact) mass is 399 g/mol. The molecule has 0 spiro atoms. The molecule has 1 aromatic heterocycles. The molecule has 1 aliphatic heterocycles. The Morgan fingerprint density at radius 2 is 1.70 bits per heavy atom. The van der Waals surface area contributed by atoms with Crippen molar-refractivity contribution in [2.75, 3.05) is 13.2 Å². The smallest absolute Gasteiger partial charge is 0.226 e. The van der Waals surface area contributed by atoms with Crippen molar-refractivity contribution in [2.45, 2.75) is 12.1 Å². The molecule has 30 heavy (non-hydrogen) atoms. The van der Waals surface area contributed by atoms with Crippen molar-refractivity contribution in [1.29, 1.82) is 0 Å². The first-order chi connectivity index (χ1) is 14.8. The van der Waals surface area contributed by atoms with E-state index >= 15 is 0 Å². The zero-order valence-corrected chi connectivity index (χ0v) is 16.5. The van der Waals surface area contributed by atoms with E-state index in [4.69, 9.17) is 9.47 Å². The lowest BCUT2D eigenvalue weighted by molar-refractivity contribution is -0.686. The number of rotatable bonds is 6. The number of ether oxygens (including phenoxy) is 2. The lowest BCUT2D eigenvalue weighted by Gasteiger charge is -2.26. The molecule has 0 saturated carbocycles. The standard InChI is InChI=1S/C25H22N2O3/c28-25(20-15-26-21-11-5-4-10-19(20)21)24(17-8-2-1-3-9-17)27-14-18-16-29-22-12-6-7-13-23(22)30-18/h1-13,15,18,24,26-27H,14,16H2/p+1/t18-,24-/m1/s1. The minimum atomic E-state index is -0.355. The SMILES string of the molecule is O=C(c1c[nH]c2ccccc12)[C@H]([NH2+]C[C@@H]1COc2ccccc2O1)c1ccccc1. The molecule has 0 bridgehead atoms. The summed E-state index contributed by atoms with van der Waals surface area (Å²) in [5.41, 5.74) is 2.65. The first kappa shape index (κ1) is 18.5. The van der Waals surface area contributed by atoms with Crippen LogP contribution in [-0.2, 0) is 0 Å². The van der Waals surface area contributed by atoms with Crippen LogP contribution in [0, 0.1) is 0 Å². The number of ketones is 1. The number of aromatic nitrogens is 1. The quantitative estimate of drug-likeness (QED) is 0.488. The zero-order valence-electron chi connectivity index (χ0n) is 16.5. The van der Waals surface area contributed by atoms with Gasteiger partial charge in [-0.05, 0) is 18.2 Å². The van der Waals surface area contributed by atoms with Gasteiger partial charge in [0, 0.05) is 28.2 Å². The van der Waals surface area contributed by atoms with Gasteiger partial charge >= 0.3 is 0 Å². The number of hydrogen-bond acceptors (Lipinski definition) is 3. The number of carbonyl (C=O) groups excluding carboxylic acids is 1. The average molecular weight is 399 g/mol. The molecule has 5 rings (SSSR count). The van der Waals surface area contributed by atoms with Crippen LogP contribution in [0.2, 0.25) is 0 Å². The predicted octanol–water partition coefficient (Wildman–Crippen LogP) is 3.50. The molecule has 1 aliphatic rings. The lowest BCUT2D eigenvalue weighted by atomic mass is 9.97. The zero-order chi connectivity index (χ0) is 20.3. The second-order valence-electron chi connectivity index (χ2n) is 7.47. The molecular weight excluding hydrogens is 376 g/mol. The normalized spacial score (nSPS) is 16.3. The third-order valence-electron chi connectivity index (χ3n) is 5.50. The van der Waals surface area contributed by atoms with Gasteiger partial charge in [-0.15, -0.1) is 0 Å². The fraction of sp³-hybridized carbons (Fsp3) is 0.160. The minimum Gasteiger partial charge on any atom is -0.486 e. The summed E-state index contributed by atoms with van der Waals surface area (Å²) in [6.07, 6.45) is 1.69. The van der Waals surface area contributed by atoms with Gasteiger partial charge in [-0.2, -0.15) is 0 Å². The van der Waals surface area contributed by atoms with Crippen molar-refractivity contribution < 1.29 is 19.6 Å². The van der Waals surface area contributed by atoms with Crippen LogP contribution in [0.25, 0.3) is 10.9 Å². The van der Waals surface area contributed by atoms with E-state index in [0.29, 0.717) is 18.7 Å². The van der Waals surface area contributed by atoms with E-state index in [0.717, 1.165) is 28.0 Å². The summed E-state index contributed by atoms with van der Waals surface area (Å²) >= 11 is 0. The molecule has 3 N–H and O–H groups in total. The molecule has 2 atom stereocenters. The van der Waals surface area contributed by atoms with Gasteiger partial charge in [0.1, 0.15) is 13.2 Å². The van der Waals surface area contributed by atoms with E-state index in [1.54, 1.807) is 0 Å². The summed E-state index contributed by atoms with van der Waals surface area (Å²) in [6.45, 7) is 1.08. The Kier molecular flexibility index (Phi) is 4.95. The molecule has 2 heterocycles. The molecule has 4 aromatic rings. The first-order valence-electron chi connectivity index (χ1n) is 10.2. The highest BCUT2D eigenvalue weighted by Gasteiger charge is 2.30. The number of benzene rings is 3. The minimum absolute atomic E-state index is 0.0794. The molecule has 5 nitrogen and oxygen atoms in total. The maximum Gasteiger partial charge on any atom is 0.226 e. The van der Waals surface area contributed by atoms with Gasteiger partial charge in [0.05, 0.1) is 0 Å². The molecule has 150 valence electrons. The van der Waals surface area contributed by atoms with Crippen LogP contribution in [-0.4, -0.2) is 30.0 Å². The highest BCUT2D eigenvalue weighted by Crippen LogP contribution is 2.30. The highest BCUT2D eigenvalue weighted by atomic mass is 16.6. The Labute approximate surface area is 174 Å². The summed E-state index contributed by atoms with van der Waals surface area (Å²) in [5.74, 6) is 1.60. The van der Waals surface area contributed by atoms with Crippen LogP contribution in [0.4, 0.5) is 0 Å². The van der Waals surface area contributed by atoms with Crippen LogP contribution in [0.15, 0.2) is 85.1 Å². The maximum absolute atomic E-state index is 13.6. The fourth-order valence-electron chi connectivity index (χ4n) is 3.96. The average Bonchev–Trinajstić information content (AvgIpc) is 3.24. The van der Waals surface area contributed by atoms with Gasteiger partial charge in [-0.3, -0.25) is 4.79 Å². The Hall–Kier alpha value is -3.57. The number of carbonyl (C=O) groups is 1. The lowest BCUT2D eigenvalue weighted by Crippen LogP contribution is -2.89. The van der Waals surface area contributed by atoms with Crippen LogP contribution in [0.3, 0.4) is 0 Å².